The first-order valence-corrected chi connectivity index (χ1v) is 6.99. The van der Waals surface area contributed by atoms with E-state index in [2.05, 4.69) is 15.6 Å². The Bertz CT molecular complexity index is 531. The third kappa shape index (κ3) is 4.49. The first-order valence-electron chi connectivity index (χ1n) is 6.99. The fourth-order valence-corrected chi connectivity index (χ4v) is 1.97. The number of pyridine rings is 1. The SMILES string of the molecule is CCCNC(=O)C(C)NCc1ncc(C)c([N+](=O)[O-])c1C. The fourth-order valence-electron chi connectivity index (χ4n) is 1.97. The highest BCUT2D eigenvalue weighted by atomic mass is 16.6. The quantitative estimate of drug-likeness (QED) is 0.588. The maximum absolute atomic E-state index is 11.7. The summed E-state index contributed by atoms with van der Waals surface area (Å²) in [6.07, 6.45) is 2.37. The van der Waals surface area contributed by atoms with Crippen molar-refractivity contribution in [3.05, 3.63) is 33.1 Å². The maximum Gasteiger partial charge on any atom is 0.278 e. The van der Waals surface area contributed by atoms with Gasteiger partial charge in [-0.15, -0.1) is 0 Å². The van der Waals surface area contributed by atoms with E-state index >= 15 is 0 Å². The summed E-state index contributed by atoms with van der Waals surface area (Å²) in [5.74, 6) is -0.0869. The number of hydrogen-bond acceptors (Lipinski definition) is 5. The number of aromatic nitrogens is 1. The molecule has 7 nitrogen and oxygen atoms in total. The van der Waals surface area contributed by atoms with Gasteiger partial charge >= 0.3 is 0 Å². The van der Waals surface area contributed by atoms with E-state index in [9.17, 15) is 14.9 Å². The van der Waals surface area contributed by atoms with Crippen LogP contribution >= 0.6 is 0 Å². The normalized spacial score (nSPS) is 12.0. The van der Waals surface area contributed by atoms with Crippen LogP contribution in [0.1, 0.15) is 37.1 Å². The third-order valence-corrected chi connectivity index (χ3v) is 3.28. The Hall–Kier alpha value is -2.02. The number of carbonyl (C=O) groups excluding carboxylic acids is 1. The van der Waals surface area contributed by atoms with Gasteiger partial charge in [-0.05, 0) is 27.2 Å². The molecule has 2 N–H and O–H groups in total. The van der Waals surface area contributed by atoms with Gasteiger partial charge in [0.15, 0.2) is 0 Å². The first-order chi connectivity index (χ1) is 9.88. The van der Waals surface area contributed by atoms with Crippen LogP contribution < -0.4 is 10.6 Å². The van der Waals surface area contributed by atoms with Gasteiger partial charge in [0.1, 0.15) is 0 Å². The van der Waals surface area contributed by atoms with Crippen molar-refractivity contribution in [2.24, 2.45) is 0 Å². The van der Waals surface area contributed by atoms with E-state index in [-0.39, 0.29) is 17.6 Å². The molecule has 1 heterocycles. The van der Waals surface area contributed by atoms with Gasteiger partial charge in [0, 0.05) is 30.4 Å². The Kier molecular flexibility index (Phi) is 6.23. The minimum atomic E-state index is -0.396. The van der Waals surface area contributed by atoms with Gasteiger partial charge in [-0.3, -0.25) is 19.9 Å². The standard InChI is InChI=1S/C14H22N4O3/c1-5-6-15-14(19)11(4)16-8-12-10(3)13(18(20)21)9(2)7-17-12/h7,11,16H,5-6,8H2,1-4H3,(H,15,19). The van der Waals surface area contributed by atoms with Crippen molar-refractivity contribution in [1.29, 1.82) is 0 Å². The molecule has 1 unspecified atom stereocenters. The van der Waals surface area contributed by atoms with E-state index in [0.717, 1.165) is 6.42 Å². The first kappa shape index (κ1) is 17.0. The van der Waals surface area contributed by atoms with Gasteiger partial charge in [0.25, 0.3) is 5.69 Å². The van der Waals surface area contributed by atoms with Crippen LogP contribution in [0.3, 0.4) is 0 Å². The molecule has 0 saturated heterocycles. The van der Waals surface area contributed by atoms with Crippen LogP contribution in [0, 0.1) is 24.0 Å². The average Bonchev–Trinajstić information content (AvgIpc) is 2.43. The molecule has 116 valence electrons. The Balaban J connectivity index is 2.74. The molecule has 21 heavy (non-hydrogen) atoms. The number of carbonyl (C=O) groups is 1. The Labute approximate surface area is 124 Å². The van der Waals surface area contributed by atoms with Gasteiger partial charge in [-0.2, -0.15) is 0 Å². The highest BCUT2D eigenvalue weighted by Gasteiger charge is 2.19. The Morgan fingerprint density at radius 3 is 2.71 bits per heavy atom. The number of nitro groups is 1. The van der Waals surface area contributed by atoms with Crippen LogP contribution in [-0.4, -0.2) is 28.4 Å². The largest absolute Gasteiger partial charge is 0.355 e. The van der Waals surface area contributed by atoms with E-state index < -0.39 is 4.92 Å². The van der Waals surface area contributed by atoms with Crippen LogP contribution in [0.25, 0.3) is 0 Å². The number of amides is 1. The van der Waals surface area contributed by atoms with Crippen LogP contribution in [0.4, 0.5) is 5.69 Å². The highest BCUT2D eigenvalue weighted by molar-refractivity contribution is 5.81. The highest BCUT2D eigenvalue weighted by Crippen LogP contribution is 2.23. The molecule has 1 aromatic rings. The molecule has 0 radical (unpaired) electrons. The summed E-state index contributed by atoms with van der Waals surface area (Å²) in [6, 6.07) is -0.377. The molecule has 0 aliphatic rings. The minimum Gasteiger partial charge on any atom is -0.355 e. The minimum absolute atomic E-state index is 0.0869. The van der Waals surface area contributed by atoms with Gasteiger partial charge in [-0.25, -0.2) is 0 Å². The molecular formula is C14H22N4O3. The van der Waals surface area contributed by atoms with Crippen LogP contribution in [0.5, 0.6) is 0 Å². The summed E-state index contributed by atoms with van der Waals surface area (Å²) in [7, 11) is 0. The van der Waals surface area contributed by atoms with Crippen molar-refractivity contribution in [2.45, 2.75) is 46.7 Å². The van der Waals surface area contributed by atoms with E-state index in [1.165, 1.54) is 6.20 Å². The number of hydrogen-bond donors (Lipinski definition) is 2. The van der Waals surface area contributed by atoms with Gasteiger partial charge < -0.3 is 10.6 Å². The summed E-state index contributed by atoms with van der Waals surface area (Å²) in [4.78, 5) is 26.6. The number of rotatable bonds is 7. The third-order valence-electron chi connectivity index (χ3n) is 3.28. The second-order valence-corrected chi connectivity index (χ2v) is 5.01. The molecule has 1 aromatic heterocycles. The molecule has 0 aliphatic carbocycles. The summed E-state index contributed by atoms with van der Waals surface area (Å²) < 4.78 is 0. The molecule has 7 heteroatoms. The van der Waals surface area contributed by atoms with E-state index in [1.54, 1.807) is 20.8 Å². The topological polar surface area (TPSA) is 97.2 Å². The van der Waals surface area contributed by atoms with E-state index in [0.29, 0.717) is 29.9 Å². The fraction of sp³-hybridized carbons (Fsp3) is 0.571. The van der Waals surface area contributed by atoms with Crippen molar-refractivity contribution in [2.75, 3.05) is 6.54 Å². The Morgan fingerprint density at radius 2 is 2.14 bits per heavy atom. The van der Waals surface area contributed by atoms with Crippen LogP contribution in [0.15, 0.2) is 6.20 Å². The average molecular weight is 294 g/mol. The molecule has 0 saturated carbocycles. The molecule has 0 spiro atoms. The van der Waals surface area contributed by atoms with E-state index in [4.69, 9.17) is 0 Å². The molecule has 0 aliphatic heterocycles. The molecule has 0 fully saturated rings. The molecule has 0 bridgehead atoms. The monoisotopic (exact) mass is 294 g/mol. The molecular weight excluding hydrogens is 272 g/mol. The zero-order valence-electron chi connectivity index (χ0n) is 12.9. The zero-order valence-corrected chi connectivity index (χ0v) is 12.9. The lowest BCUT2D eigenvalue weighted by Gasteiger charge is -2.14. The second-order valence-electron chi connectivity index (χ2n) is 5.01. The van der Waals surface area contributed by atoms with Crippen molar-refractivity contribution in [3.63, 3.8) is 0 Å². The van der Waals surface area contributed by atoms with Crippen LogP contribution in [-0.2, 0) is 11.3 Å². The van der Waals surface area contributed by atoms with Crippen molar-refractivity contribution >= 4 is 11.6 Å². The van der Waals surface area contributed by atoms with Crippen molar-refractivity contribution in [1.82, 2.24) is 15.6 Å². The summed E-state index contributed by atoms with van der Waals surface area (Å²) >= 11 is 0. The molecule has 1 amide bonds. The predicted molar refractivity (Wildman–Crippen MR) is 80.0 cm³/mol. The molecule has 0 aromatic carbocycles. The van der Waals surface area contributed by atoms with E-state index in [1.807, 2.05) is 6.92 Å². The van der Waals surface area contributed by atoms with Gasteiger partial charge in [0.05, 0.1) is 16.7 Å². The summed E-state index contributed by atoms with van der Waals surface area (Å²) in [6.45, 7) is 8.03. The molecule has 1 rings (SSSR count). The lowest BCUT2D eigenvalue weighted by Crippen LogP contribution is -2.42. The Morgan fingerprint density at radius 1 is 1.48 bits per heavy atom. The smallest absolute Gasteiger partial charge is 0.278 e. The maximum atomic E-state index is 11.7. The predicted octanol–water partition coefficient (Wildman–Crippen LogP) is 1.61. The van der Waals surface area contributed by atoms with Gasteiger partial charge in [0.2, 0.25) is 5.91 Å². The summed E-state index contributed by atoms with van der Waals surface area (Å²) in [5, 5.41) is 16.9. The molecule has 1 atom stereocenters. The lowest BCUT2D eigenvalue weighted by atomic mass is 10.1. The number of aryl methyl sites for hydroxylation is 1. The van der Waals surface area contributed by atoms with Crippen LogP contribution in [0.2, 0.25) is 0 Å². The van der Waals surface area contributed by atoms with Crippen molar-refractivity contribution in [3.8, 4) is 0 Å². The second kappa shape index (κ2) is 7.68. The number of nitrogens with zero attached hydrogens (tertiary/aromatic N) is 2. The van der Waals surface area contributed by atoms with Gasteiger partial charge in [-0.1, -0.05) is 6.92 Å². The zero-order chi connectivity index (χ0) is 16.0. The lowest BCUT2D eigenvalue weighted by molar-refractivity contribution is -0.386. The summed E-state index contributed by atoms with van der Waals surface area (Å²) in [5.41, 5.74) is 1.75. The van der Waals surface area contributed by atoms with Crippen molar-refractivity contribution < 1.29 is 9.72 Å². The number of nitrogens with one attached hydrogen (secondary N) is 2.